The van der Waals surface area contributed by atoms with E-state index in [4.69, 9.17) is 9.47 Å². The van der Waals surface area contributed by atoms with E-state index in [1.165, 1.54) is 19.3 Å². The van der Waals surface area contributed by atoms with Crippen molar-refractivity contribution in [2.24, 2.45) is 0 Å². The molecule has 0 atom stereocenters. The number of hydrogen-bond donors (Lipinski definition) is 1. The van der Waals surface area contributed by atoms with Crippen molar-refractivity contribution in [1.82, 2.24) is 5.32 Å². The predicted molar refractivity (Wildman–Crippen MR) is 71.7 cm³/mol. The molecule has 0 aromatic heterocycles. The third-order valence-corrected chi connectivity index (χ3v) is 3.19. The number of carbonyl (C=O) groups is 2. The number of hydrogen-bond acceptors (Lipinski definition) is 4. The minimum Gasteiger partial charge on any atom is -0.466 e. The maximum Gasteiger partial charge on any atom is 0.305 e. The van der Waals surface area contributed by atoms with Crippen LogP contribution >= 0.6 is 0 Å². The van der Waals surface area contributed by atoms with Crippen molar-refractivity contribution in [2.45, 2.75) is 58.0 Å². The summed E-state index contributed by atoms with van der Waals surface area (Å²) in [4.78, 5) is 22.6. The van der Waals surface area contributed by atoms with Crippen molar-refractivity contribution in [3.63, 3.8) is 0 Å². The van der Waals surface area contributed by atoms with Crippen molar-refractivity contribution in [3.05, 3.63) is 0 Å². The van der Waals surface area contributed by atoms with Crippen LogP contribution in [-0.2, 0) is 19.1 Å². The lowest BCUT2D eigenvalue weighted by Gasteiger charge is -2.21. The van der Waals surface area contributed by atoms with E-state index in [0.29, 0.717) is 26.0 Å². The quantitative estimate of drug-likeness (QED) is 0.540. The van der Waals surface area contributed by atoms with E-state index in [2.05, 4.69) is 5.32 Å². The first-order valence-electron chi connectivity index (χ1n) is 7.26. The largest absolute Gasteiger partial charge is 0.466 e. The second-order valence-electron chi connectivity index (χ2n) is 4.83. The maximum atomic E-state index is 11.5. The first-order chi connectivity index (χ1) is 9.22. The second kappa shape index (κ2) is 9.78. The van der Waals surface area contributed by atoms with Crippen LogP contribution in [0.3, 0.4) is 0 Å². The minimum atomic E-state index is -0.213. The standard InChI is InChI=1S/C14H25NO4/c1-2-18-14(17)9-6-10-15-13(16)11-19-12-7-4-3-5-8-12/h12H,2-11H2,1H3,(H,15,16). The molecule has 0 aromatic rings. The number of ether oxygens (including phenoxy) is 2. The zero-order valence-corrected chi connectivity index (χ0v) is 11.8. The molecule has 1 amide bonds. The van der Waals surface area contributed by atoms with Gasteiger partial charge in [0.05, 0.1) is 12.7 Å². The fourth-order valence-corrected chi connectivity index (χ4v) is 2.17. The molecule has 0 saturated heterocycles. The fraction of sp³-hybridized carbons (Fsp3) is 0.857. The normalized spacial score (nSPS) is 16.1. The van der Waals surface area contributed by atoms with Gasteiger partial charge in [0.2, 0.25) is 5.91 Å². The molecular formula is C14H25NO4. The zero-order valence-electron chi connectivity index (χ0n) is 11.8. The monoisotopic (exact) mass is 271 g/mol. The molecule has 5 heteroatoms. The average molecular weight is 271 g/mol. The molecule has 1 aliphatic rings. The number of amides is 1. The molecule has 0 unspecified atom stereocenters. The Morgan fingerprint density at radius 1 is 1.21 bits per heavy atom. The zero-order chi connectivity index (χ0) is 13.9. The average Bonchev–Trinajstić information content (AvgIpc) is 2.43. The summed E-state index contributed by atoms with van der Waals surface area (Å²) in [6.07, 6.45) is 7.01. The van der Waals surface area contributed by atoms with Crippen LogP contribution < -0.4 is 5.32 Å². The van der Waals surface area contributed by atoms with Crippen LogP contribution in [0.5, 0.6) is 0 Å². The fourth-order valence-electron chi connectivity index (χ4n) is 2.17. The van der Waals surface area contributed by atoms with Crippen molar-refractivity contribution < 1.29 is 19.1 Å². The molecule has 0 spiro atoms. The molecule has 110 valence electrons. The van der Waals surface area contributed by atoms with Crippen molar-refractivity contribution in [1.29, 1.82) is 0 Å². The molecule has 5 nitrogen and oxygen atoms in total. The summed E-state index contributed by atoms with van der Waals surface area (Å²) in [5.41, 5.74) is 0. The predicted octanol–water partition coefficient (Wildman–Crippen LogP) is 1.80. The highest BCUT2D eigenvalue weighted by molar-refractivity contribution is 5.77. The molecule has 0 heterocycles. The molecule has 1 aliphatic carbocycles. The van der Waals surface area contributed by atoms with Crippen molar-refractivity contribution in [3.8, 4) is 0 Å². The summed E-state index contributed by atoms with van der Waals surface area (Å²) in [6.45, 7) is 2.80. The minimum absolute atomic E-state index is 0.102. The summed E-state index contributed by atoms with van der Waals surface area (Å²) in [7, 11) is 0. The van der Waals surface area contributed by atoms with E-state index >= 15 is 0 Å². The Hall–Kier alpha value is -1.10. The molecule has 1 fully saturated rings. The summed E-state index contributed by atoms with van der Waals surface area (Å²) >= 11 is 0. The van der Waals surface area contributed by atoms with Gasteiger partial charge in [0.15, 0.2) is 0 Å². The molecule has 19 heavy (non-hydrogen) atoms. The second-order valence-corrected chi connectivity index (χ2v) is 4.83. The van der Waals surface area contributed by atoms with Gasteiger partial charge in [0, 0.05) is 13.0 Å². The van der Waals surface area contributed by atoms with Crippen molar-refractivity contribution in [2.75, 3.05) is 19.8 Å². The van der Waals surface area contributed by atoms with E-state index in [1.54, 1.807) is 6.92 Å². The van der Waals surface area contributed by atoms with E-state index in [0.717, 1.165) is 12.8 Å². The summed E-state index contributed by atoms with van der Waals surface area (Å²) in [5, 5.41) is 2.75. The van der Waals surface area contributed by atoms with Crippen LogP contribution in [0.4, 0.5) is 0 Å². The Kier molecular flexibility index (Phi) is 8.21. The van der Waals surface area contributed by atoms with E-state index < -0.39 is 0 Å². The number of nitrogens with one attached hydrogen (secondary N) is 1. The SMILES string of the molecule is CCOC(=O)CCCNC(=O)COC1CCCCC1. The summed E-state index contributed by atoms with van der Waals surface area (Å²) in [6, 6.07) is 0. The van der Waals surface area contributed by atoms with E-state index in [9.17, 15) is 9.59 Å². The van der Waals surface area contributed by atoms with Gasteiger partial charge in [-0.1, -0.05) is 19.3 Å². The van der Waals surface area contributed by atoms with Gasteiger partial charge in [-0.25, -0.2) is 0 Å². The molecular weight excluding hydrogens is 246 g/mol. The van der Waals surface area contributed by atoms with Gasteiger partial charge in [-0.15, -0.1) is 0 Å². The van der Waals surface area contributed by atoms with Crippen LogP contribution in [0, 0.1) is 0 Å². The summed E-state index contributed by atoms with van der Waals surface area (Å²) < 4.78 is 10.4. The van der Waals surface area contributed by atoms with Gasteiger partial charge in [-0.2, -0.15) is 0 Å². The van der Waals surface area contributed by atoms with Gasteiger partial charge in [-0.05, 0) is 26.2 Å². The Bertz CT molecular complexity index is 275. The number of esters is 1. The Labute approximate surface area is 115 Å². The van der Waals surface area contributed by atoms with Crippen LogP contribution in [0.15, 0.2) is 0 Å². The lowest BCUT2D eigenvalue weighted by atomic mass is 9.98. The highest BCUT2D eigenvalue weighted by Crippen LogP contribution is 2.19. The highest BCUT2D eigenvalue weighted by Gasteiger charge is 2.14. The molecule has 0 aliphatic heterocycles. The number of rotatable bonds is 8. The van der Waals surface area contributed by atoms with Gasteiger partial charge in [0.1, 0.15) is 6.61 Å². The smallest absolute Gasteiger partial charge is 0.305 e. The molecule has 1 N–H and O–H groups in total. The van der Waals surface area contributed by atoms with E-state index in [1.807, 2.05) is 0 Å². The Balaban J connectivity index is 1.97. The maximum absolute atomic E-state index is 11.5. The van der Waals surface area contributed by atoms with E-state index in [-0.39, 0.29) is 24.6 Å². The first kappa shape index (κ1) is 16.0. The Morgan fingerprint density at radius 2 is 1.95 bits per heavy atom. The molecule has 0 aromatic carbocycles. The van der Waals surface area contributed by atoms with Crippen molar-refractivity contribution >= 4 is 11.9 Å². The number of carbonyl (C=O) groups excluding carboxylic acids is 2. The summed E-state index contributed by atoms with van der Waals surface area (Å²) in [5.74, 6) is -0.315. The van der Waals surface area contributed by atoms with Crippen LogP contribution in [0.2, 0.25) is 0 Å². The van der Waals surface area contributed by atoms with Gasteiger partial charge in [-0.3, -0.25) is 9.59 Å². The lowest BCUT2D eigenvalue weighted by molar-refractivity contribution is -0.143. The van der Waals surface area contributed by atoms with Crippen LogP contribution in [-0.4, -0.2) is 37.7 Å². The molecule has 0 bridgehead atoms. The van der Waals surface area contributed by atoms with Crippen LogP contribution in [0.1, 0.15) is 51.9 Å². The topological polar surface area (TPSA) is 64.6 Å². The Morgan fingerprint density at radius 3 is 2.63 bits per heavy atom. The van der Waals surface area contributed by atoms with Gasteiger partial charge < -0.3 is 14.8 Å². The first-order valence-corrected chi connectivity index (χ1v) is 7.26. The van der Waals surface area contributed by atoms with Crippen LogP contribution in [0.25, 0.3) is 0 Å². The highest BCUT2D eigenvalue weighted by atomic mass is 16.5. The lowest BCUT2D eigenvalue weighted by Crippen LogP contribution is -2.31. The third-order valence-electron chi connectivity index (χ3n) is 3.19. The third kappa shape index (κ3) is 7.82. The molecule has 1 rings (SSSR count). The van der Waals surface area contributed by atoms with Gasteiger partial charge >= 0.3 is 5.97 Å². The van der Waals surface area contributed by atoms with Gasteiger partial charge in [0.25, 0.3) is 0 Å². The molecule has 0 radical (unpaired) electrons. The molecule has 1 saturated carbocycles.